The van der Waals surface area contributed by atoms with E-state index in [1.165, 1.54) is 0 Å². The molecular formula is C15H23ClN4O3. The molecule has 8 heteroatoms. The Labute approximate surface area is 141 Å². The van der Waals surface area contributed by atoms with Gasteiger partial charge in [-0.25, -0.2) is 4.79 Å². The Hall–Kier alpha value is -1.83. The number of rotatable bonds is 10. The quantitative estimate of drug-likeness (QED) is 0.466. The van der Waals surface area contributed by atoms with Crippen LogP contribution in [0.2, 0.25) is 5.02 Å². The molecule has 1 rings (SSSR count). The van der Waals surface area contributed by atoms with E-state index in [9.17, 15) is 9.59 Å². The van der Waals surface area contributed by atoms with E-state index in [0.29, 0.717) is 31.3 Å². The van der Waals surface area contributed by atoms with E-state index in [1.54, 1.807) is 19.2 Å². The zero-order chi connectivity index (χ0) is 16.9. The van der Waals surface area contributed by atoms with Crippen molar-refractivity contribution in [3.8, 4) is 0 Å². The minimum absolute atomic E-state index is 0.0650. The zero-order valence-corrected chi connectivity index (χ0v) is 13.9. The van der Waals surface area contributed by atoms with Gasteiger partial charge in [0.1, 0.15) is 0 Å². The summed E-state index contributed by atoms with van der Waals surface area (Å²) in [6.07, 6.45) is 0. The number of carbonyl (C=O) groups is 2. The first-order valence-corrected chi connectivity index (χ1v) is 7.72. The molecule has 4 N–H and O–H groups in total. The molecule has 23 heavy (non-hydrogen) atoms. The highest BCUT2D eigenvalue weighted by atomic mass is 35.5. The van der Waals surface area contributed by atoms with Crippen LogP contribution in [0.3, 0.4) is 0 Å². The van der Waals surface area contributed by atoms with Crippen LogP contribution in [0.25, 0.3) is 0 Å². The van der Waals surface area contributed by atoms with Gasteiger partial charge in [-0.2, -0.15) is 0 Å². The van der Waals surface area contributed by atoms with Gasteiger partial charge in [0.15, 0.2) is 0 Å². The number of amides is 3. The Kier molecular flexibility index (Phi) is 9.78. The number of nitrogens with one attached hydrogen (secondary N) is 4. The standard InChI is InChI=1S/C15H23ClN4O3/c1-23-9-8-17-6-7-18-14(21)11-20-15(22)19-10-12-2-4-13(16)5-3-12/h2-5,17H,6-11H2,1H3,(H,18,21)(H2,19,20,22). The number of halogens is 1. The van der Waals surface area contributed by atoms with Crippen LogP contribution < -0.4 is 21.3 Å². The summed E-state index contributed by atoms with van der Waals surface area (Å²) in [5, 5.41) is 11.6. The SMILES string of the molecule is COCCNCCNC(=O)CNC(=O)NCc1ccc(Cl)cc1. The van der Waals surface area contributed by atoms with Gasteiger partial charge in [-0.1, -0.05) is 23.7 Å². The summed E-state index contributed by atoms with van der Waals surface area (Å²) < 4.78 is 4.88. The molecule has 0 aliphatic heterocycles. The number of ether oxygens (including phenoxy) is 1. The lowest BCUT2D eigenvalue weighted by Gasteiger charge is -2.09. The minimum Gasteiger partial charge on any atom is -0.383 e. The third kappa shape index (κ3) is 9.72. The first-order valence-electron chi connectivity index (χ1n) is 7.34. The van der Waals surface area contributed by atoms with Crippen LogP contribution in [0.5, 0.6) is 0 Å². The second-order valence-corrected chi connectivity index (χ2v) is 5.19. The lowest BCUT2D eigenvalue weighted by Crippen LogP contribution is -2.43. The number of methoxy groups -OCH3 is 1. The van der Waals surface area contributed by atoms with Gasteiger partial charge < -0.3 is 26.0 Å². The molecule has 3 amide bonds. The largest absolute Gasteiger partial charge is 0.383 e. The van der Waals surface area contributed by atoms with E-state index in [4.69, 9.17) is 16.3 Å². The fourth-order valence-corrected chi connectivity index (χ4v) is 1.79. The molecular weight excluding hydrogens is 320 g/mol. The molecule has 0 atom stereocenters. The minimum atomic E-state index is -0.395. The van der Waals surface area contributed by atoms with Crippen LogP contribution in [-0.2, 0) is 16.1 Å². The van der Waals surface area contributed by atoms with E-state index < -0.39 is 6.03 Å². The average Bonchev–Trinajstić information content (AvgIpc) is 2.55. The Morgan fingerprint density at radius 3 is 2.48 bits per heavy atom. The predicted octanol–water partition coefficient (Wildman–Crippen LogP) is 0.491. The zero-order valence-electron chi connectivity index (χ0n) is 13.2. The van der Waals surface area contributed by atoms with Crippen LogP contribution in [0.15, 0.2) is 24.3 Å². The predicted molar refractivity (Wildman–Crippen MR) is 89.4 cm³/mol. The molecule has 0 radical (unpaired) electrons. The molecule has 128 valence electrons. The molecule has 7 nitrogen and oxygen atoms in total. The molecule has 0 fully saturated rings. The number of benzene rings is 1. The second-order valence-electron chi connectivity index (χ2n) is 4.76. The number of hydrogen-bond donors (Lipinski definition) is 4. The van der Waals surface area contributed by atoms with Crippen molar-refractivity contribution in [2.24, 2.45) is 0 Å². The van der Waals surface area contributed by atoms with Crippen molar-refractivity contribution in [2.45, 2.75) is 6.54 Å². The van der Waals surface area contributed by atoms with Crippen molar-refractivity contribution in [1.29, 1.82) is 0 Å². The molecule has 0 aliphatic carbocycles. The molecule has 1 aromatic rings. The van der Waals surface area contributed by atoms with Gasteiger partial charge >= 0.3 is 6.03 Å². The van der Waals surface area contributed by atoms with Gasteiger partial charge in [-0.15, -0.1) is 0 Å². The summed E-state index contributed by atoms with van der Waals surface area (Å²) in [5.74, 6) is -0.236. The monoisotopic (exact) mass is 342 g/mol. The van der Waals surface area contributed by atoms with E-state index in [0.717, 1.165) is 12.1 Å². The second kappa shape index (κ2) is 11.7. The first kappa shape index (κ1) is 19.2. The maximum Gasteiger partial charge on any atom is 0.315 e. The maximum absolute atomic E-state index is 11.6. The van der Waals surface area contributed by atoms with Gasteiger partial charge in [0.05, 0.1) is 13.2 Å². The summed E-state index contributed by atoms with van der Waals surface area (Å²) in [5.41, 5.74) is 0.927. The van der Waals surface area contributed by atoms with Gasteiger partial charge in [0, 0.05) is 38.3 Å². The van der Waals surface area contributed by atoms with Crippen molar-refractivity contribution in [3.63, 3.8) is 0 Å². The number of urea groups is 1. The maximum atomic E-state index is 11.6. The van der Waals surface area contributed by atoms with Crippen molar-refractivity contribution >= 4 is 23.5 Å². The lowest BCUT2D eigenvalue weighted by atomic mass is 10.2. The number of carbonyl (C=O) groups excluding carboxylic acids is 2. The topological polar surface area (TPSA) is 91.5 Å². The molecule has 0 saturated heterocycles. The lowest BCUT2D eigenvalue weighted by molar-refractivity contribution is -0.120. The summed E-state index contributed by atoms with van der Waals surface area (Å²) in [7, 11) is 1.63. The van der Waals surface area contributed by atoms with Crippen LogP contribution in [0, 0.1) is 0 Å². The Morgan fingerprint density at radius 1 is 1.04 bits per heavy atom. The van der Waals surface area contributed by atoms with Crippen LogP contribution in [0.4, 0.5) is 4.79 Å². The first-order chi connectivity index (χ1) is 11.1. The highest BCUT2D eigenvalue weighted by molar-refractivity contribution is 6.30. The van der Waals surface area contributed by atoms with Crippen LogP contribution >= 0.6 is 11.6 Å². The average molecular weight is 343 g/mol. The molecule has 0 unspecified atom stereocenters. The Morgan fingerprint density at radius 2 is 1.78 bits per heavy atom. The van der Waals surface area contributed by atoms with E-state index in [-0.39, 0.29) is 12.5 Å². The smallest absolute Gasteiger partial charge is 0.315 e. The van der Waals surface area contributed by atoms with E-state index in [2.05, 4.69) is 21.3 Å². The summed E-state index contributed by atoms with van der Waals surface area (Å²) in [6.45, 7) is 2.81. The van der Waals surface area contributed by atoms with Crippen LogP contribution in [-0.4, -0.2) is 51.8 Å². The summed E-state index contributed by atoms with van der Waals surface area (Å²) >= 11 is 5.78. The van der Waals surface area contributed by atoms with Gasteiger partial charge in [-0.3, -0.25) is 4.79 Å². The van der Waals surface area contributed by atoms with Gasteiger partial charge in [-0.05, 0) is 17.7 Å². The van der Waals surface area contributed by atoms with Gasteiger partial charge in [0.25, 0.3) is 0 Å². The molecule has 0 heterocycles. The molecule has 0 saturated carbocycles. The van der Waals surface area contributed by atoms with E-state index in [1.807, 2.05) is 12.1 Å². The summed E-state index contributed by atoms with van der Waals surface area (Å²) in [4.78, 5) is 23.1. The van der Waals surface area contributed by atoms with Gasteiger partial charge in [0.2, 0.25) is 5.91 Å². The summed E-state index contributed by atoms with van der Waals surface area (Å²) in [6, 6.07) is 6.76. The van der Waals surface area contributed by atoms with Crippen molar-refractivity contribution in [2.75, 3.05) is 39.9 Å². The third-order valence-electron chi connectivity index (χ3n) is 2.88. The van der Waals surface area contributed by atoms with Crippen molar-refractivity contribution in [3.05, 3.63) is 34.9 Å². The highest BCUT2D eigenvalue weighted by Gasteiger charge is 2.04. The molecule has 0 bridgehead atoms. The normalized spacial score (nSPS) is 10.2. The molecule has 0 aromatic heterocycles. The number of hydrogen-bond acceptors (Lipinski definition) is 4. The molecule has 1 aromatic carbocycles. The Bertz CT molecular complexity index is 482. The van der Waals surface area contributed by atoms with Crippen molar-refractivity contribution < 1.29 is 14.3 Å². The fraction of sp³-hybridized carbons (Fsp3) is 0.467. The Balaban J connectivity index is 2.06. The van der Waals surface area contributed by atoms with Crippen LogP contribution in [0.1, 0.15) is 5.56 Å². The molecule has 0 aliphatic rings. The third-order valence-corrected chi connectivity index (χ3v) is 3.13. The molecule has 0 spiro atoms. The fourth-order valence-electron chi connectivity index (χ4n) is 1.66. The highest BCUT2D eigenvalue weighted by Crippen LogP contribution is 2.08. The van der Waals surface area contributed by atoms with E-state index >= 15 is 0 Å². The van der Waals surface area contributed by atoms with Crippen molar-refractivity contribution in [1.82, 2.24) is 21.3 Å².